The van der Waals surface area contributed by atoms with Crippen molar-refractivity contribution < 1.29 is 47.6 Å². The van der Waals surface area contributed by atoms with E-state index >= 15 is 0 Å². The summed E-state index contributed by atoms with van der Waals surface area (Å²) in [5, 5.41) is 19.0. The first-order chi connectivity index (χ1) is 11.4. The molecule has 0 radical (unpaired) electrons. The second kappa shape index (κ2) is 7.63. The topological polar surface area (TPSA) is 99.3 Å². The van der Waals surface area contributed by atoms with E-state index in [4.69, 9.17) is 0 Å². The molecule has 0 amide bonds. The summed E-state index contributed by atoms with van der Waals surface area (Å²) in [5.41, 5.74) is 1.82. The maximum atomic E-state index is 11.4. The molecular formula is C17H14N2NaO4S+. The molecule has 0 spiro atoms. The summed E-state index contributed by atoms with van der Waals surface area (Å²) in [5.74, 6) is -0.199. The summed E-state index contributed by atoms with van der Waals surface area (Å²) in [6.45, 7) is 1.90. The Bertz CT molecular complexity index is 1070. The van der Waals surface area contributed by atoms with E-state index in [-0.39, 0.29) is 56.7 Å². The molecule has 0 heterocycles. The van der Waals surface area contributed by atoms with Crippen molar-refractivity contribution in [2.24, 2.45) is 10.2 Å². The van der Waals surface area contributed by atoms with Gasteiger partial charge in [0.1, 0.15) is 10.6 Å². The molecule has 0 aliphatic rings. The van der Waals surface area contributed by atoms with Gasteiger partial charge in [-0.3, -0.25) is 4.55 Å². The molecule has 0 aliphatic carbocycles. The van der Waals surface area contributed by atoms with E-state index in [1.54, 1.807) is 12.1 Å². The van der Waals surface area contributed by atoms with Gasteiger partial charge in [0.2, 0.25) is 0 Å². The van der Waals surface area contributed by atoms with Crippen molar-refractivity contribution in [1.82, 2.24) is 0 Å². The van der Waals surface area contributed by atoms with Crippen LogP contribution in [0.15, 0.2) is 69.7 Å². The van der Waals surface area contributed by atoms with E-state index in [2.05, 4.69) is 10.2 Å². The number of phenolic OH excluding ortho intramolecular Hbond substituents is 1. The van der Waals surface area contributed by atoms with Crippen molar-refractivity contribution in [2.75, 3.05) is 0 Å². The number of nitrogens with zero attached hydrogens (tertiary/aromatic N) is 2. The van der Waals surface area contributed by atoms with Crippen LogP contribution in [0.1, 0.15) is 5.56 Å². The zero-order valence-electron chi connectivity index (χ0n) is 13.7. The van der Waals surface area contributed by atoms with Crippen LogP contribution < -0.4 is 29.6 Å². The van der Waals surface area contributed by atoms with Crippen molar-refractivity contribution in [3.63, 3.8) is 0 Å². The van der Waals surface area contributed by atoms with Crippen LogP contribution in [-0.4, -0.2) is 18.1 Å². The summed E-state index contributed by atoms with van der Waals surface area (Å²) in [4.78, 5) is -0.266. The summed E-state index contributed by atoms with van der Waals surface area (Å²) < 4.78 is 32.1. The van der Waals surface area contributed by atoms with Gasteiger partial charge >= 0.3 is 29.6 Å². The van der Waals surface area contributed by atoms with Crippen molar-refractivity contribution in [3.05, 3.63) is 60.2 Å². The van der Waals surface area contributed by atoms with E-state index in [9.17, 15) is 18.1 Å². The molecule has 0 saturated carbocycles. The Morgan fingerprint density at radius 3 is 2.20 bits per heavy atom. The molecule has 3 aromatic carbocycles. The van der Waals surface area contributed by atoms with E-state index in [0.29, 0.717) is 5.69 Å². The summed E-state index contributed by atoms with van der Waals surface area (Å²) in [7, 11) is -4.39. The molecule has 0 fully saturated rings. The third-order valence-corrected chi connectivity index (χ3v) is 4.54. The molecule has 3 aromatic rings. The van der Waals surface area contributed by atoms with Gasteiger partial charge in [-0.25, -0.2) is 0 Å². The molecule has 0 unspecified atom stereocenters. The van der Waals surface area contributed by atoms with Crippen molar-refractivity contribution in [1.29, 1.82) is 0 Å². The smallest absolute Gasteiger partial charge is 0.505 e. The first-order valence-corrected chi connectivity index (χ1v) is 8.51. The van der Waals surface area contributed by atoms with Crippen LogP contribution in [0, 0.1) is 6.92 Å². The Morgan fingerprint density at radius 2 is 1.52 bits per heavy atom. The maximum absolute atomic E-state index is 11.4. The summed E-state index contributed by atoms with van der Waals surface area (Å²) >= 11 is 0. The van der Waals surface area contributed by atoms with Crippen molar-refractivity contribution >= 4 is 32.3 Å². The monoisotopic (exact) mass is 365 g/mol. The average Bonchev–Trinajstić information content (AvgIpc) is 2.54. The minimum Gasteiger partial charge on any atom is -0.505 e. The van der Waals surface area contributed by atoms with E-state index < -0.39 is 10.1 Å². The number of azo groups is 1. The molecule has 8 heteroatoms. The van der Waals surface area contributed by atoms with Gasteiger partial charge in [-0.15, -0.1) is 5.11 Å². The Morgan fingerprint density at radius 1 is 0.840 bits per heavy atom. The number of aryl methyl sites for hydroxylation is 1. The first kappa shape index (κ1) is 19.6. The van der Waals surface area contributed by atoms with Crippen LogP contribution in [0.3, 0.4) is 0 Å². The first-order valence-electron chi connectivity index (χ1n) is 7.07. The van der Waals surface area contributed by atoms with Gasteiger partial charge in [0.05, 0.1) is 5.69 Å². The predicted molar refractivity (Wildman–Crippen MR) is 90.8 cm³/mol. The number of rotatable bonds is 3. The number of fused-ring (bicyclic) bond motifs is 1. The van der Waals surface area contributed by atoms with Gasteiger partial charge in [0.15, 0.2) is 5.75 Å². The van der Waals surface area contributed by atoms with Crippen LogP contribution in [0.5, 0.6) is 5.75 Å². The summed E-state index contributed by atoms with van der Waals surface area (Å²) in [6.07, 6.45) is 0. The molecule has 25 heavy (non-hydrogen) atoms. The molecule has 2 N–H and O–H groups in total. The predicted octanol–water partition coefficient (Wildman–Crippen LogP) is 1.52. The van der Waals surface area contributed by atoms with E-state index in [1.165, 1.54) is 24.3 Å². The van der Waals surface area contributed by atoms with Crippen LogP contribution in [-0.2, 0) is 10.1 Å². The van der Waals surface area contributed by atoms with Gasteiger partial charge in [-0.05, 0) is 30.7 Å². The molecule has 0 saturated heterocycles. The zero-order chi connectivity index (χ0) is 17.3. The normalized spacial score (nSPS) is 11.6. The molecule has 0 bridgehead atoms. The number of benzene rings is 3. The quantitative estimate of drug-likeness (QED) is 0.418. The number of aromatic hydroxyl groups is 1. The summed E-state index contributed by atoms with van der Waals surface area (Å²) in [6, 6.07) is 14.6. The van der Waals surface area contributed by atoms with Crippen molar-refractivity contribution in [3.8, 4) is 5.75 Å². The van der Waals surface area contributed by atoms with Crippen LogP contribution in [0.4, 0.5) is 11.4 Å². The average molecular weight is 365 g/mol. The van der Waals surface area contributed by atoms with Gasteiger partial charge in [0, 0.05) is 10.8 Å². The Hall–Kier alpha value is -1.77. The fourth-order valence-corrected chi connectivity index (χ4v) is 3.10. The van der Waals surface area contributed by atoms with Gasteiger partial charge < -0.3 is 5.11 Å². The van der Waals surface area contributed by atoms with Gasteiger partial charge in [-0.1, -0.05) is 36.4 Å². The third kappa shape index (κ3) is 4.08. The maximum Gasteiger partial charge on any atom is 1.00 e. The second-order valence-corrected chi connectivity index (χ2v) is 6.64. The van der Waals surface area contributed by atoms with Gasteiger partial charge in [0.25, 0.3) is 10.1 Å². The SMILES string of the molecule is Cc1ccccc1N=Nc1ccc2c(S(=O)(=O)O)cccc2c1O.[Na+]. The molecule has 0 atom stereocenters. The molecule has 6 nitrogen and oxygen atoms in total. The van der Waals surface area contributed by atoms with E-state index in [1.807, 2.05) is 25.1 Å². The molecular weight excluding hydrogens is 351 g/mol. The number of hydrogen-bond donors (Lipinski definition) is 2. The Labute approximate surface area is 167 Å². The Balaban J connectivity index is 0.00000225. The minimum atomic E-state index is -4.39. The molecule has 3 rings (SSSR count). The van der Waals surface area contributed by atoms with E-state index in [0.717, 1.165) is 5.56 Å². The number of hydrogen-bond acceptors (Lipinski definition) is 5. The third-order valence-electron chi connectivity index (χ3n) is 3.63. The standard InChI is InChI=1S/C17H14N2O4S.Na/c1-11-5-2-3-7-14(11)18-19-15-10-9-12-13(17(15)20)6-4-8-16(12)24(21,22)23;/h2-10,20H,1H3,(H,21,22,23);/q;+1. The zero-order valence-corrected chi connectivity index (χ0v) is 16.5. The molecule has 122 valence electrons. The second-order valence-electron chi connectivity index (χ2n) is 5.25. The van der Waals surface area contributed by atoms with Gasteiger partial charge in [-0.2, -0.15) is 13.5 Å². The van der Waals surface area contributed by atoms with Crippen LogP contribution >= 0.6 is 0 Å². The largest absolute Gasteiger partial charge is 1.00 e. The minimum absolute atomic E-state index is 0. The molecule has 0 aliphatic heterocycles. The molecule has 0 aromatic heterocycles. The fraction of sp³-hybridized carbons (Fsp3) is 0.0588. The fourth-order valence-electron chi connectivity index (χ4n) is 2.39. The van der Waals surface area contributed by atoms with Crippen LogP contribution in [0.25, 0.3) is 10.8 Å². The van der Waals surface area contributed by atoms with Crippen LogP contribution in [0.2, 0.25) is 0 Å². The number of phenols is 1. The Kier molecular flexibility index (Phi) is 5.97. The van der Waals surface area contributed by atoms with Crippen molar-refractivity contribution in [2.45, 2.75) is 11.8 Å².